The molecule has 0 bridgehead atoms. The summed E-state index contributed by atoms with van der Waals surface area (Å²) in [5, 5.41) is 0. The Bertz CT molecular complexity index is 453. The molecule has 1 rings (SSSR count). The third-order valence-corrected chi connectivity index (χ3v) is 4.99. The second-order valence-electron chi connectivity index (χ2n) is 7.84. The lowest BCUT2D eigenvalue weighted by molar-refractivity contribution is 0.0201. The predicted molar refractivity (Wildman–Crippen MR) is 91.5 cm³/mol. The fourth-order valence-corrected chi connectivity index (χ4v) is 2.83. The summed E-state index contributed by atoms with van der Waals surface area (Å²) >= 11 is 0. The molecular weight excluding hydrogens is 300 g/mol. The summed E-state index contributed by atoms with van der Waals surface area (Å²) in [5.41, 5.74) is 0.464. The summed E-state index contributed by atoms with van der Waals surface area (Å²) in [7, 11) is -1.22. The van der Waals surface area contributed by atoms with Crippen molar-refractivity contribution in [2.75, 3.05) is 13.1 Å². The molecule has 0 aromatic rings. The molecule has 1 saturated heterocycles. The van der Waals surface area contributed by atoms with Crippen molar-refractivity contribution in [2.45, 2.75) is 71.7 Å². The van der Waals surface area contributed by atoms with E-state index in [1.807, 2.05) is 48.5 Å². The van der Waals surface area contributed by atoms with Gasteiger partial charge in [-0.1, -0.05) is 0 Å². The van der Waals surface area contributed by atoms with Crippen LogP contribution in [-0.4, -0.2) is 44.4 Å². The minimum atomic E-state index is -1.22. The van der Waals surface area contributed by atoms with Gasteiger partial charge in [0.25, 0.3) is 0 Å². The zero-order chi connectivity index (χ0) is 17.1. The standard InChI is InChI=1S/C16H30N2O3S/c1-12(17-22(20)16(5,6)7)13-8-10-18(11-9-13)14(19)21-15(2,3)4/h13H,8-11H2,1-7H3/b17-12+/t22-/m0/s1. The Labute approximate surface area is 137 Å². The van der Waals surface area contributed by atoms with Crippen molar-refractivity contribution in [1.29, 1.82) is 0 Å². The van der Waals surface area contributed by atoms with Crippen LogP contribution < -0.4 is 0 Å². The van der Waals surface area contributed by atoms with E-state index in [2.05, 4.69) is 4.40 Å². The van der Waals surface area contributed by atoms with Gasteiger partial charge in [0.1, 0.15) is 16.6 Å². The highest BCUT2D eigenvalue weighted by Crippen LogP contribution is 2.22. The number of likely N-dealkylation sites (tertiary alicyclic amines) is 1. The number of hydrogen-bond donors (Lipinski definition) is 0. The van der Waals surface area contributed by atoms with Crippen molar-refractivity contribution in [3.8, 4) is 0 Å². The number of rotatable bonds is 2. The highest BCUT2D eigenvalue weighted by Gasteiger charge is 2.28. The molecule has 1 aliphatic rings. The summed E-state index contributed by atoms with van der Waals surface area (Å²) in [6.45, 7) is 14.6. The summed E-state index contributed by atoms with van der Waals surface area (Å²) in [5.74, 6) is 0.296. The first-order chi connectivity index (χ1) is 9.90. The first-order valence-corrected chi connectivity index (χ1v) is 8.96. The third-order valence-electron chi connectivity index (χ3n) is 3.49. The summed E-state index contributed by atoms with van der Waals surface area (Å²) in [6, 6.07) is 0. The molecule has 0 radical (unpaired) electrons. The SMILES string of the molecule is C/C(=N\[S@@](=O)C(C)(C)C)C1CCN(C(=O)OC(C)(C)C)CC1. The molecule has 0 aromatic carbocycles. The number of carbonyl (C=O) groups is 1. The quantitative estimate of drug-likeness (QED) is 0.727. The van der Waals surface area contributed by atoms with Gasteiger partial charge in [0.15, 0.2) is 0 Å². The number of carbonyl (C=O) groups excluding carboxylic acids is 1. The van der Waals surface area contributed by atoms with Crippen LogP contribution in [-0.2, 0) is 15.7 Å². The molecule has 0 aliphatic carbocycles. The second-order valence-corrected chi connectivity index (χ2v) is 9.74. The van der Waals surface area contributed by atoms with Gasteiger partial charge in [-0.2, -0.15) is 4.40 Å². The van der Waals surface area contributed by atoms with Gasteiger partial charge in [0.2, 0.25) is 0 Å². The summed E-state index contributed by atoms with van der Waals surface area (Å²) in [4.78, 5) is 13.8. The van der Waals surface area contributed by atoms with E-state index in [-0.39, 0.29) is 10.8 Å². The Hall–Kier alpha value is -0.910. The molecule has 1 amide bonds. The molecule has 1 fully saturated rings. The Morgan fingerprint density at radius 1 is 1.14 bits per heavy atom. The van der Waals surface area contributed by atoms with Crippen molar-refractivity contribution in [2.24, 2.45) is 10.3 Å². The minimum absolute atomic E-state index is 0.251. The maximum atomic E-state index is 12.1. The number of piperidine rings is 1. The Morgan fingerprint density at radius 3 is 2.05 bits per heavy atom. The fraction of sp³-hybridized carbons (Fsp3) is 0.875. The van der Waals surface area contributed by atoms with Crippen LogP contribution in [0.3, 0.4) is 0 Å². The first-order valence-electron chi connectivity index (χ1n) is 7.85. The van der Waals surface area contributed by atoms with Gasteiger partial charge in [0.05, 0.1) is 4.75 Å². The molecule has 1 heterocycles. The molecule has 0 N–H and O–H groups in total. The molecular formula is C16H30N2O3S. The Morgan fingerprint density at radius 2 is 1.64 bits per heavy atom. The molecule has 128 valence electrons. The topological polar surface area (TPSA) is 59.0 Å². The van der Waals surface area contributed by atoms with E-state index in [4.69, 9.17) is 4.74 Å². The van der Waals surface area contributed by atoms with Gasteiger partial charge in [0, 0.05) is 24.7 Å². The van der Waals surface area contributed by atoms with Crippen LogP contribution in [0.5, 0.6) is 0 Å². The van der Waals surface area contributed by atoms with Gasteiger partial charge in [-0.25, -0.2) is 9.00 Å². The van der Waals surface area contributed by atoms with E-state index < -0.39 is 16.6 Å². The number of nitrogens with zero attached hydrogens (tertiary/aromatic N) is 2. The van der Waals surface area contributed by atoms with Crippen molar-refractivity contribution in [1.82, 2.24) is 4.90 Å². The molecule has 0 unspecified atom stereocenters. The number of hydrogen-bond acceptors (Lipinski definition) is 3. The lowest BCUT2D eigenvalue weighted by Gasteiger charge is -2.33. The van der Waals surface area contributed by atoms with Gasteiger partial charge >= 0.3 is 6.09 Å². The molecule has 1 atom stereocenters. The van der Waals surface area contributed by atoms with Crippen LogP contribution in [0.25, 0.3) is 0 Å². The minimum Gasteiger partial charge on any atom is -0.444 e. The van der Waals surface area contributed by atoms with E-state index in [1.165, 1.54) is 0 Å². The molecule has 22 heavy (non-hydrogen) atoms. The Kier molecular flexibility index (Phi) is 6.18. The number of amides is 1. The third kappa shape index (κ3) is 6.07. The smallest absolute Gasteiger partial charge is 0.410 e. The molecule has 1 aliphatic heterocycles. The predicted octanol–water partition coefficient (Wildman–Crippen LogP) is 3.56. The van der Waals surface area contributed by atoms with Gasteiger partial charge < -0.3 is 9.64 Å². The van der Waals surface area contributed by atoms with E-state index >= 15 is 0 Å². The maximum Gasteiger partial charge on any atom is 0.410 e. The zero-order valence-corrected chi connectivity index (χ0v) is 15.7. The number of ether oxygens (including phenoxy) is 1. The van der Waals surface area contributed by atoms with E-state index in [0.29, 0.717) is 19.0 Å². The van der Waals surface area contributed by atoms with Crippen LogP contribution in [0.1, 0.15) is 61.3 Å². The average molecular weight is 330 g/mol. The van der Waals surface area contributed by atoms with Crippen LogP contribution in [0.2, 0.25) is 0 Å². The van der Waals surface area contributed by atoms with Gasteiger partial charge in [-0.15, -0.1) is 0 Å². The molecule has 5 nitrogen and oxygen atoms in total. The summed E-state index contributed by atoms with van der Waals surface area (Å²) < 4.78 is 21.5. The highest BCUT2D eigenvalue weighted by molar-refractivity contribution is 7.85. The van der Waals surface area contributed by atoms with E-state index in [9.17, 15) is 9.00 Å². The summed E-state index contributed by atoms with van der Waals surface area (Å²) in [6.07, 6.45) is 1.44. The van der Waals surface area contributed by atoms with Crippen LogP contribution in [0.4, 0.5) is 4.79 Å². The average Bonchev–Trinajstić information content (AvgIpc) is 2.35. The Balaban J connectivity index is 2.57. The first kappa shape index (κ1) is 19.1. The lowest BCUT2D eigenvalue weighted by Crippen LogP contribution is -2.42. The fourth-order valence-electron chi connectivity index (χ4n) is 2.15. The van der Waals surface area contributed by atoms with Crippen molar-refractivity contribution in [3.63, 3.8) is 0 Å². The normalized spacial score (nSPS) is 20.0. The van der Waals surface area contributed by atoms with Crippen molar-refractivity contribution in [3.05, 3.63) is 0 Å². The van der Waals surface area contributed by atoms with Gasteiger partial charge in [-0.05, 0) is 61.3 Å². The van der Waals surface area contributed by atoms with E-state index in [0.717, 1.165) is 18.6 Å². The van der Waals surface area contributed by atoms with E-state index in [1.54, 1.807) is 4.90 Å². The molecule has 6 heteroatoms. The molecule has 0 saturated carbocycles. The monoisotopic (exact) mass is 330 g/mol. The van der Waals surface area contributed by atoms with Crippen molar-refractivity contribution < 1.29 is 13.7 Å². The van der Waals surface area contributed by atoms with Crippen LogP contribution in [0, 0.1) is 5.92 Å². The molecule has 0 aromatic heterocycles. The van der Waals surface area contributed by atoms with Gasteiger partial charge in [-0.3, -0.25) is 0 Å². The zero-order valence-electron chi connectivity index (χ0n) is 14.9. The van der Waals surface area contributed by atoms with Crippen LogP contribution >= 0.6 is 0 Å². The van der Waals surface area contributed by atoms with Crippen LogP contribution in [0.15, 0.2) is 4.40 Å². The van der Waals surface area contributed by atoms with Crippen molar-refractivity contribution >= 4 is 22.8 Å². The second kappa shape index (κ2) is 7.11. The largest absolute Gasteiger partial charge is 0.444 e. The lowest BCUT2D eigenvalue weighted by atomic mass is 9.93. The maximum absolute atomic E-state index is 12.1. The molecule has 0 spiro atoms. The highest BCUT2D eigenvalue weighted by atomic mass is 32.2.